The number of hydrogen-bond donors (Lipinski definition) is 0. The van der Waals surface area contributed by atoms with E-state index in [1.54, 1.807) is 0 Å². The molecular formula is C17H22N2O3S2. The predicted octanol–water partition coefficient (Wildman–Crippen LogP) is 2.64. The molecule has 0 spiro atoms. The van der Waals surface area contributed by atoms with Crippen LogP contribution >= 0.6 is 11.8 Å². The third kappa shape index (κ3) is 3.37. The van der Waals surface area contributed by atoms with Crippen molar-refractivity contribution < 1.29 is 13.2 Å². The van der Waals surface area contributed by atoms with E-state index in [4.69, 9.17) is 0 Å². The Balaban J connectivity index is 1.98. The first-order chi connectivity index (χ1) is 11.3. The minimum absolute atomic E-state index is 0.0558. The van der Waals surface area contributed by atoms with Crippen LogP contribution in [0.2, 0.25) is 0 Å². The van der Waals surface area contributed by atoms with Crippen molar-refractivity contribution in [2.75, 3.05) is 16.4 Å². The van der Waals surface area contributed by atoms with Crippen LogP contribution in [0, 0.1) is 12.8 Å². The predicted molar refractivity (Wildman–Crippen MR) is 99.4 cm³/mol. The summed E-state index contributed by atoms with van der Waals surface area (Å²) in [5, 5.41) is 0.578. The molecule has 0 aromatic heterocycles. The summed E-state index contributed by atoms with van der Waals surface area (Å²) in [5.41, 5.74) is 2.03. The number of rotatable bonds is 3. The normalized spacial score (nSPS) is 28.1. The Morgan fingerprint density at radius 2 is 2.00 bits per heavy atom. The van der Waals surface area contributed by atoms with Gasteiger partial charge in [-0.15, -0.1) is 0 Å². The SMILES string of the molecule is CC[C@@H](C)C(=O)N=C1S[C@H]2CS(=O)(=O)C[C@@H]2N1c1ccc(C)cc1. The standard InChI is InChI=1S/C17H22N2O3S2/c1-4-12(3)16(20)18-17-19(13-7-5-11(2)6-8-13)14-9-24(21,22)10-15(14)23-17/h5-8,12,14-15H,4,9-10H2,1-3H3/t12-,14+,15+/m1/s1. The quantitative estimate of drug-likeness (QED) is 0.823. The van der Waals surface area contributed by atoms with Gasteiger partial charge >= 0.3 is 0 Å². The van der Waals surface area contributed by atoms with Crippen molar-refractivity contribution in [1.29, 1.82) is 0 Å². The van der Waals surface area contributed by atoms with Gasteiger partial charge in [0.2, 0.25) is 0 Å². The van der Waals surface area contributed by atoms with E-state index in [2.05, 4.69) is 4.99 Å². The largest absolute Gasteiger partial charge is 0.316 e. The van der Waals surface area contributed by atoms with Crippen molar-refractivity contribution in [2.24, 2.45) is 10.9 Å². The third-order valence-corrected chi connectivity index (χ3v) is 7.83. The second-order valence-corrected chi connectivity index (χ2v) is 9.91. The average molecular weight is 367 g/mol. The van der Waals surface area contributed by atoms with Crippen LogP contribution < -0.4 is 4.90 Å². The molecule has 2 fully saturated rings. The topological polar surface area (TPSA) is 66.8 Å². The monoisotopic (exact) mass is 366 g/mol. The molecule has 1 aromatic rings. The summed E-state index contributed by atoms with van der Waals surface area (Å²) >= 11 is 1.42. The van der Waals surface area contributed by atoms with E-state index < -0.39 is 9.84 Å². The van der Waals surface area contributed by atoms with Crippen LogP contribution in [0.3, 0.4) is 0 Å². The molecule has 2 saturated heterocycles. The summed E-state index contributed by atoms with van der Waals surface area (Å²) in [5.74, 6) is 0.0122. The number of aliphatic imine (C=N–C) groups is 1. The van der Waals surface area contributed by atoms with Gasteiger partial charge in [-0.3, -0.25) is 4.79 Å². The molecule has 1 aromatic carbocycles. The summed E-state index contributed by atoms with van der Waals surface area (Å²) in [6, 6.07) is 7.76. The van der Waals surface area contributed by atoms with Gasteiger partial charge in [-0.05, 0) is 25.5 Å². The molecule has 2 aliphatic heterocycles. The molecule has 3 rings (SSSR count). The van der Waals surface area contributed by atoms with Crippen molar-refractivity contribution in [3.05, 3.63) is 29.8 Å². The lowest BCUT2D eigenvalue weighted by Crippen LogP contribution is -2.37. The molecule has 5 nitrogen and oxygen atoms in total. The number of fused-ring (bicyclic) bond motifs is 1. The van der Waals surface area contributed by atoms with Gasteiger partial charge in [0.1, 0.15) is 0 Å². The molecule has 2 heterocycles. The molecule has 0 saturated carbocycles. The molecule has 130 valence electrons. The maximum Gasteiger partial charge on any atom is 0.250 e. The van der Waals surface area contributed by atoms with Gasteiger partial charge in [0.25, 0.3) is 5.91 Å². The van der Waals surface area contributed by atoms with Gasteiger partial charge in [-0.1, -0.05) is 43.3 Å². The van der Waals surface area contributed by atoms with Gasteiger partial charge in [-0.25, -0.2) is 8.42 Å². The van der Waals surface area contributed by atoms with Crippen molar-refractivity contribution in [2.45, 2.75) is 38.5 Å². The van der Waals surface area contributed by atoms with E-state index in [0.717, 1.165) is 17.7 Å². The Morgan fingerprint density at radius 3 is 2.62 bits per heavy atom. The fourth-order valence-corrected chi connectivity index (χ4v) is 6.87. The molecule has 0 bridgehead atoms. The van der Waals surface area contributed by atoms with Crippen LogP contribution in [-0.4, -0.2) is 42.3 Å². The number of sulfone groups is 1. The number of carbonyl (C=O) groups is 1. The first-order valence-corrected chi connectivity index (χ1v) is 10.9. The molecule has 0 aliphatic carbocycles. The third-order valence-electron chi connectivity index (χ3n) is 4.62. The Kier molecular flexibility index (Phi) is 4.75. The van der Waals surface area contributed by atoms with E-state index in [0.29, 0.717) is 5.17 Å². The summed E-state index contributed by atoms with van der Waals surface area (Å²) in [6.45, 7) is 5.84. The van der Waals surface area contributed by atoms with E-state index in [1.165, 1.54) is 11.8 Å². The highest BCUT2D eigenvalue weighted by Gasteiger charge is 2.49. The number of amidine groups is 1. The maximum absolute atomic E-state index is 12.3. The van der Waals surface area contributed by atoms with E-state index >= 15 is 0 Å². The molecule has 24 heavy (non-hydrogen) atoms. The highest BCUT2D eigenvalue weighted by molar-refractivity contribution is 8.16. The number of anilines is 1. The number of benzene rings is 1. The lowest BCUT2D eigenvalue weighted by atomic mass is 10.1. The zero-order chi connectivity index (χ0) is 17.5. The molecule has 1 amide bonds. The van der Waals surface area contributed by atoms with E-state index in [-0.39, 0.29) is 34.6 Å². The van der Waals surface area contributed by atoms with Crippen LogP contribution in [0.15, 0.2) is 29.3 Å². The van der Waals surface area contributed by atoms with E-state index in [1.807, 2.05) is 49.9 Å². The van der Waals surface area contributed by atoms with Crippen molar-refractivity contribution >= 4 is 38.4 Å². The smallest absolute Gasteiger partial charge is 0.250 e. The number of aryl methyl sites for hydroxylation is 1. The molecule has 3 atom stereocenters. The minimum Gasteiger partial charge on any atom is -0.316 e. The zero-order valence-corrected chi connectivity index (χ0v) is 15.7. The molecule has 0 N–H and O–H groups in total. The Bertz CT molecular complexity index is 772. The summed E-state index contributed by atoms with van der Waals surface area (Å²) in [4.78, 5) is 18.5. The molecule has 0 unspecified atom stereocenters. The van der Waals surface area contributed by atoms with Gasteiger partial charge in [0.05, 0.1) is 17.5 Å². The Hall–Kier alpha value is -1.34. The second-order valence-electron chi connectivity index (χ2n) is 6.55. The van der Waals surface area contributed by atoms with Gasteiger partial charge in [0, 0.05) is 16.9 Å². The number of carbonyl (C=O) groups excluding carboxylic acids is 1. The summed E-state index contributed by atoms with van der Waals surface area (Å²) in [7, 11) is -3.03. The molecule has 7 heteroatoms. The van der Waals surface area contributed by atoms with Crippen molar-refractivity contribution in [3.63, 3.8) is 0 Å². The van der Waals surface area contributed by atoms with Crippen LogP contribution in [0.25, 0.3) is 0 Å². The highest BCUT2D eigenvalue weighted by Crippen LogP contribution is 2.41. The van der Waals surface area contributed by atoms with Gasteiger partial charge in [0.15, 0.2) is 15.0 Å². The zero-order valence-electron chi connectivity index (χ0n) is 14.1. The number of amides is 1. The van der Waals surface area contributed by atoms with Gasteiger partial charge < -0.3 is 4.90 Å². The molecule has 2 aliphatic rings. The van der Waals surface area contributed by atoms with Crippen LogP contribution in [-0.2, 0) is 14.6 Å². The lowest BCUT2D eigenvalue weighted by Gasteiger charge is -2.24. The lowest BCUT2D eigenvalue weighted by molar-refractivity contribution is -0.121. The number of nitrogens with zero attached hydrogens (tertiary/aromatic N) is 2. The summed E-state index contributed by atoms with van der Waals surface area (Å²) < 4.78 is 24.0. The van der Waals surface area contributed by atoms with E-state index in [9.17, 15) is 13.2 Å². The Morgan fingerprint density at radius 1 is 1.33 bits per heavy atom. The number of thioether (sulfide) groups is 1. The first kappa shape index (κ1) is 17.5. The second kappa shape index (κ2) is 6.52. The number of hydrogen-bond acceptors (Lipinski definition) is 4. The van der Waals surface area contributed by atoms with Crippen LogP contribution in [0.4, 0.5) is 5.69 Å². The summed E-state index contributed by atoms with van der Waals surface area (Å²) in [6.07, 6.45) is 0.742. The van der Waals surface area contributed by atoms with Crippen molar-refractivity contribution in [3.8, 4) is 0 Å². The maximum atomic E-state index is 12.3. The fourth-order valence-electron chi connectivity index (χ4n) is 2.95. The highest BCUT2D eigenvalue weighted by atomic mass is 32.2. The molecule has 0 radical (unpaired) electrons. The van der Waals surface area contributed by atoms with Crippen LogP contribution in [0.5, 0.6) is 0 Å². The minimum atomic E-state index is -3.03. The first-order valence-electron chi connectivity index (χ1n) is 8.16. The Labute approximate surface area is 147 Å². The van der Waals surface area contributed by atoms with Gasteiger partial charge in [-0.2, -0.15) is 4.99 Å². The van der Waals surface area contributed by atoms with Crippen LogP contribution in [0.1, 0.15) is 25.8 Å². The fraction of sp³-hybridized carbons (Fsp3) is 0.529. The average Bonchev–Trinajstić information content (AvgIpc) is 2.98. The van der Waals surface area contributed by atoms with Crippen molar-refractivity contribution in [1.82, 2.24) is 0 Å². The molecular weight excluding hydrogens is 344 g/mol.